The summed E-state index contributed by atoms with van der Waals surface area (Å²) in [6, 6.07) is 1.22. The zero-order valence-electron chi connectivity index (χ0n) is 8.55. The van der Waals surface area contributed by atoms with Gasteiger partial charge in [0.1, 0.15) is 0 Å². The number of morpholine rings is 1. The first-order chi connectivity index (χ1) is 5.75. The van der Waals surface area contributed by atoms with Crippen molar-refractivity contribution in [2.45, 2.75) is 45.7 Å². The second kappa shape index (κ2) is 4.83. The zero-order chi connectivity index (χ0) is 8.97. The van der Waals surface area contributed by atoms with Gasteiger partial charge in [0.15, 0.2) is 0 Å². The van der Waals surface area contributed by atoms with Crippen LogP contribution in [0.2, 0.25) is 0 Å². The molecule has 1 heterocycles. The Morgan fingerprint density at radius 3 is 2.33 bits per heavy atom. The van der Waals surface area contributed by atoms with Crippen molar-refractivity contribution in [3.05, 3.63) is 0 Å². The molecule has 0 aromatic rings. The van der Waals surface area contributed by atoms with Crippen LogP contribution in [0.4, 0.5) is 0 Å². The summed E-state index contributed by atoms with van der Waals surface area (Å²) in [7, 11) is 0. The molecule has 0 N–H and O–H groups in total. The highest BCUT2D eigenvalue weighted by atomic mass is 16.5. The summed E-state index contributed by atoms with van der Waals surface area (Å²) in [5, 5.41) is 0. The molecule has 0 saturated carbocycles. The Morgan fingerprint density at radius 2 is 1.83 bits per heavy atom. The summed E-state index contributed by atoms with van der Waals surface area (Å²) < 4.78 is 5.46. The Kier molecular flexibility index (Phi) is 4.02. The third kappa shape index (κ3) is 2.46. The summed E-state index contributed by atoms with van der Waals surface area (Å²) in [6.07, 6.45) is 2.60. The third-order valence-corrected chi connectivity index (χ3v) is 2.62. The molecule has 1 aliphatic rings. The molecule has 0 aromatic heterocycles. The van der Waals surface area contributed by atoms with Crippen molar-refractivity contribution in [1.82, 2.24) is 4.90 Å². The lowest BCUT2D eigenvalue weighted by Crippen LogP contribution is -2.49. The largest absolute Gasteiger partial charge is 0.378 e. The zero-order valence-corrected chi connectivity index (χ0v) is 8.55. The lowest BCUT2D eigenvalue weighted by molar-refractivity contribution is -0.0369. The number of hydrogen-bond donors (Lipinski definition) is 0. The molecule has 1 fully saturated rings. The van der Waals surface area contributed by atoms with Gasteiger partial charge in [-0.25, -0.2) is 0 Å². The summed E-state index contributed by atoms with van der Waals surface area (Å²) >= 11 is 0. The minimum absolute atomic E-state index is 0.611. The van der Waals surface area contributed by atoms with E-state index in [1.165, 1.54) is 19.4 Å². The van der Waals surface area contributed by atoms with Gasteiger partial charge in [0, 0.05) is 12.1 Å². The molecule has 0 radical (unpaired) electrons. The van der Waals surface area contributed by atoms with Crippen molar-refractivity contribution in [1.29, 1.82) is 0 Å². The SMILES string of the molecule is CCCCN1C(C)COCC1C. The van der Waals surface area contributed by atoms with Crippen LogP contribution in [0.25, 0.3) is 0 Å². The first-order valence-corrected chi connectivity index (χ1v) is 5.09. The highest BCUT2D eigenvalue weighted by Gasteiger charge is 2.23. The van der Waals surface area contributed by atoms with Crippen molar-refractivity contribution < 1.29 is 4.74 Å². The molecule has 1 aliphatic heterocycles. The van der Waals surface area contributed by atoms with Gasteiger partial charge in [0.2, 0.25) is 0 Å². The normalized spacial score (nSPS) is 32.2. The van der Waals surface area contributed by atoms with E-state index in [2.05, 4.69) is 25.7 Å². The maximum absolute atomic E-state index is 5.46. The molecule has 12 heavy (non-hydrogen) atoms. The van der Waals surface area contributed by atoms with Crippen LogP contribution < -0.4 is 0 Å². The van der Waals surface area contributed by atoms with Gasteiger partial charge < -0.3 is 4.74 Å². The molecule has 0 amide bonds. The maximum atomic E-state index is 5.46. The van der Waals surface area contributed by atoms with Crippen LogP contribution in [0.1, 0.15) is 33.6 Å². The Morgan fingerprint density at radius 1 is 1.25 bits per heavy atom. The topological polar surface area (TPSA) is 12.5 Å². The van der Waals surface area contributed by atoms with E-state index in [1.54, 1.807) is 0 Å². The molecule has 0 spiro atoms. The summed E-state index contributed by atoms with van der Waals surface area (Å²) in [5.74, 6) is 0. The van der Waals surface area contributed by atoms with Crippen LogP contribution in [-0.2, 0) is 4.74 Å². The fraction of sp³-hybridized carbons (Fsp3) is 1.00. The van der Waals surface area contributed by atoms with E-state index in [1.807, 2.05) is 0 Å². The highest BCUT2D eigenvalue weighted by Crippen LogP contribution is 2.13. The van der Waals surface area contributed by atoms with Crippen molar-refractivity contribution >= 4 is 0 Å². The van der Waals surface area contributed by atoms with Crippen LogP contribution in [0.15, 0.2) is 0 Å². The van der Waals surface area contributed by atoms with Crippen LogP contribution in [-0.4, -0.2) is 36.7 Å². The summed E-state index contributed by atoms with van der Waals surface area (Å²) in [5.41, 5.74) is 0. The average Bonchev–Trinajstić information content (AvgIpc) is 2.04. The molecule has 2 unspecified atom stereocenters. The van der Waals surface area contributed by atoms with E-state index < -0.39 is 0 Å². The van der Waals surface area contributed by atoms with Crippen molar-refractivity contribution in [3.8, 4) is 0 Å². The summed E-state index contributed by atoms with van der Waals surface area (Å²) in [6.45, 7) is 9.82. The molecular weight excluding hydrogens is 150 g/mol. The molecule has 1 rings (SSSR count). The lowest BCUT2D eigenvalue weighted by Gasteiger charge is -2.38. The number of nitrogens with zero attached hydrogens (tertiary/aromatic N) is 1. The second-order valence-corrected chi connectivity index (χ2v) is 3.83. The van der Waals surface area contributed by atoms with Crippen LogP contribution in [0.3, 0.4) is 0 Å². The van der Waals surface area contributed by atoms with Gasteiger partial charge in [-0.3, -0.25) is 4.90 Å². The van der Waals surface area contributed by atoms with E-state index in [0.29, 0.717) is 12.1 Å². The van der Waals surface area contributed by atoms with E-state index >= 15 is 0 Å². The number of unbranched alkanes of at least 4 members (excludes halogenated alkanes) is 1. The predicted molar refractivity (Wildman–Crippen MR) is 51.4 cm³/mol. The van der Waals surface area contributed by atoms with E-state index in [0.717, 1.165) is 13.2 Å². The van der Waals surface area contributed by atoms with Crippen LogP contribution in [0.5, 0.6) is 0 Å². The Hall–Kier alpha value is -0.0800. The number of ether oxygens (including phenoxy) is 1. The minimum Gasteiger partial charge on any atom is -0.378 e. The van der Waals surface area contributed by atoms with Gasteiger partial charge in [-0.15, -0.1) is 0 Å². The number of hydrogen-bond acceptors (Lipinski definition) is 2. The molecule has 0 aromatic carbocycles. The second-order valence-electron chi connectivity index (χ2n) is 3.83. The monoisotopic (exact) mass is 171 g/mol. The third-order valence-electron chi connectivity index (χ3n) is 2.62. The van der Waals surface area contributed by atoms with E-state index in [4.69, 9.17) is 4.74 Å². The maximum Gasteiger partial charge on any atom is 0.0620 e. The summed E-state index contributed by atoms with van der Waals surface area (Å²) in [4.78, 5) is 2.56. The first kappa shape index (κ1) is 10.0. The number of rotatable bonds is 3. The Balaban J connectivity index is 2.34. The van der Waals surface area contributed by atoms with Crippen molar-refractivity contribution in [2.75, 3.05) is 19.8 Å². The van der Waals surface area contributed by atoms with E-state index in [-0.39, 0.29) is 0 Å². The quantitative estimate of drug-likeness (QED) is 0.643. The van der Waals surface area contributed by atoms with Gasteiger partial charge in [-0.05, 0) is 26.8 Å². The molecule has 0 aliphatic carbocycles. The van der Waals surface area contributed by atoms with Gasteiger partial charge >= 0.3 is 0 Å². The minimum atomic E-state index is 0.611. The van der Waals surface area contributed by atoms with Gasteiger partial charge in [-0.2, -0.15) is 0 Å². The molecular formula is C10H21NO. The molecule has 0 bridgehead atoms. The average molecular weight is 171 g/mol. The van der Waals surface area contributed by atoms with Gasteiger partial charge in [0.25, 0.3) is 0 Å². The fourth-order valence-corrected chi connectivity index (χ4v) is 1.82. The smallest absolute Gasteiger partial charge is 0.0620 e. The molecule has 72 valence electrons. The Bertz CT molecular complexity index is 117. The first-order valence-electron chi connectivity index (χ1n) is 5.09. The highest BCUT2D eigenvalue weighted by molar-refractivity contribution is 4.77. The van der Waals surface area contributed by atoms with Crippen molar-refractivity contribution in [2.24, 2.45) is 0 Å². The standard InChI is InChI=1S/C10H21NO/c1-4-5-6-11-9(2)7-12-8-10(11)3/h9-10H,4-8H2,1-3H3. The molecule has 1 saturated heterocycles. The molecule has 2 heteroatoms. The van der Waals surface area contributed by atoms with Gasteiger partial charge in [-0.1, -0.05) is 13.3 Å². The van der Waals surface area contributed by atoms with Gasteiger partial charge in [0.05, 0.1) is 13.2 Å². The molecule has 2 atom stereocenters. The fourth-order valence-electron chi connectivity index (χ4n) is 1.82. The van der Waals surface area contributed by atoms with Crippen molar-refractivity contribution in [3.63, 3.8) is 0 Å². The molecule has 2 nitrogen and oxygen atoms in total. The van der Waals surface area contributed by atoms with Crippen LogP contribution >= 0.6 is 0 Å². The Labute approximate surface area is 75.9 Å². The van der Waals surface area contributed by atoms with E-state index in [9.17, 15) is 0 Å². The van der Waals surface area contributed by atoms with Crippen LogP contribution in [0, 0.1) is 0 Å². The lowest BCUT2D eigenvalue weighted by atomic mass is 10.1. The predicted octanol–water partition coefficient (Wildman–Crippen LogP) is 1.90.